The summed E-state index contributed by atoms with van der Waals surface area (Å²) in [5, 5.41) is 8.06. The van der Waals surface area contributed by atoms with Gasteiger partial charge in [-0.05, 0) is 24.4 Å². The molecule has 1 aromatic rings. The van der Waals surface area contributed by atoms with E-state index in [0.29, 0.717) is 6.54 Å². The van der Waals surface area contributed by atoms with Gasteiger partial charge in [0.1, 0.15) is 0 Å². The summed E-state index contributed by atoms with van der Waals surface area (Å²) in [7, 11) is 0. The minimum absolute atomic E-state index is 0.0668. The van der Waals surface area contributed by atoms with Gasteiger partial charge in [0.25, 0.3) is 0 Å². The highest BCUT2D eigenvalue weighted by Crippen LogP contribution is 2.21. The average molecular weight is 226 g/mol. The smallest absolute Gasteiger partial charge is 0.234 e. The molecule has 3 nitrogen and oxygen atoms in total. The Bertz CT molecular complexity index is 285. The normalized spacial score (nSPS) is 12.4. The van der Waals surface area contributed by atoms with Crippen LogP contribution in [-0.4, -0.2) is 19.0 Å². The minimum atomic E-state index is 0.0668. The van der Waals surface area contributed by atoms with E-state index in [1.54, 1.807) is 11.3 Å². The van der Waals surface area contributed by atoms with E-state index in [4.69, 9.17) is 0 Å². The summed E-state index contributed by atoms with van der Waals surface area (Å²) in [4.78, 5) is 12.7. The first kappa shape index (κ1) is 12.2. The summed E-state index contributed by atoms with van der Waals surface area (Å²) in [5.74, 6) is 0.0668. The van der Waals surface area contributed by atoms with Gasteiger partial charge in [0.2, 0.25) is 5.91 Å². The number of amides is 1. The van der Waals surface area contributed by atoms with Crippen LogP contribution in [0.1, 0.15) is 31.2 Å². The zero-order valence-corrected chi connectivity index (χ0v) is 10.1. The van der Waals surface area contributed by atoms with Crippen LogP contribution < -0.4 is 10.6 Å². The topological polar surface area (TPSA) is 41.1 Å². The minimum Gasteiger partial charge on any atom is -0.347 e. The molecule has 1 unspecified atom stereocenters. The van der Waals surface area contributed by atoms with Gasteiger partial charge in [-0.2, -0.15) is 0 Å². The molecule has 0 radical (unpaired) electrons. The third kappa shape index (κ3) is 4.01. The molecule has 84 valence electrons. The Morgan fingerprint density at radius 3 is 2.87 bits per heavy atom. The van der Waals surface area contributed by atoms with Crippen molar-refractivity contribution in [3.63, 3.8) is 0 Å². The van der Waals surface area contributed by atoms with Crippen molar-refractivity contribution < 1.29 is 4.79 Å². The fourth-order valence-corrected chi connectivity index (χ4v) is 2.21. The van der Waals surface area contributed by atoms with Gasteiger partial charge in [-0.25, -0.2) is 0 Å². The van der Waals surface area contributed by atoms with E-state index in [2.05, 4.69) is 23.6 Å². The van der Waals surface area contributed by atoms with E-state index in [9.17, 15) is 4.79 Å². The summed E-state index contributed by atoms with van der Waals surface area (Å²) >= 11 is 1.69. The molecule has 0 aliphatic heterocycles. The fraction of sp³-hybridized carbons (Fsp3) is 0.545. The number of nitrogens with one attached hydrogen (secondary N) is 2. The third-order valence-corrected chi connectivity index (χ3v) is 3.15. The van der Waals surface area contributed by atoms with Crippen LogP contribution in [0.3, 0.4) is 0 Å². The Morgan fingerprint density at radius 2 is 2.33 bits per heavy atom. The van der Waals surface area contributed by atoms with E-state index in [0.717, 1.165) is 13.0 Å². The monoisotopic (exact) mass is 226 g/mol. The molecule has 0 aliphatic carbocycles. The lowest BCUT2D eigenvalue weighted by molar-refractivity contribution is -0.121. The number of thiophene rings is 1. The van der Waals surface area contributed by atoms with Gasteiger partial charge in [0.15, 0.2) is 0 Å². The number of carbonyl (C=O) groups is 1. The largest absolute Gasteiger partial charge is 0.347 e. The van der Waals surface area contributed by atoms with Gasteiger partial charge in [-0.1, -0.05) is 19.9 Å². The quantitative estimate of drug-likeness (QED) is 0.778. The number of hydrogen-bond donors (Lipinski definition) is 2. The molecule has 2 N–H and O–H groups in total. The van der Waals surface area contributed by atoms with E-state index < -0.39 is 0 Å². The number of likely N-dealkylation sites (N-methyl/N-ethyl adjacent to an activating group) is 1. The Balaban J connectivity index is 2.44. The van der Waals surface area contributed by atoms with Crippen molar-refractivity contribution >= 4 is 17.2 Å². The molecule has 0 aromatic carbocycles. The van der Waals surface area contributed by atoms with E-state index in [-0.39, 0.29) is 11.9 Å². The van der Waals surface area contributed by atoms with Crippen LogP contribution in [0.4, 0.5) is 0 Å². The maximum absolute atomic E-state index is 11.5. The van der Waals surface area contributed by atoms with Gasteiger partial charge >= 0.3 is 0 Å². The Hall–Kier alpha value is -0.870. The maximum atomic E-state index is 11.5. The molecule has 0 saturated carbocycles. The molecule has 0 fully saturated rings. The molecule has 1 amide bonds. The van der Waals surface area contributed by atoms with Crippen LogP contribution in [-0.2, 0) is 4.79 Å². The second kappa shape index (κ2) is 6.58. The highest BCUT2D eigenvalue weighted by molar-refractivity contribution is 7.10. The van der Waals surface area contributed by atoms with Crippen LogP contribution >= 0.6 is 11.3 Å². The lowest BCUT2D eigenvalue weighted by Crippen LogP contribution is -2.35. The summed E-state index contributed by atoms with van der Waals surface area (Å²) in [5.41, 5.74) is 0. The highest BCUT2D eigenvalue weighted by atomic mass is 32.1. The first-order valence-electron chi connectivity index (χ1n) is 5.31. The molecule has 0 aliphatic rings. The molecular weight excluding hydrogens is 208 g/mol. The lowest BCUT2D eigenvalue weighted by atomic mass is 10.2. The van der Waals surface area contributed by atoms with Crippen LogP contribution in [0, 0.1) is 0 Å². The molecule has 0 spiro atoms. The molecule has 1 rings (SSSR count). The second-order valence-electron chi connectivity index (χ2n) is 3.32. The fourth-order valence-electron chi connectivity index (χ4n) is 1.35. The zero-order chi connectivity index (χ0) is 11.1. The van der Waals surface area contributed by atoms with Crippen molar-refractivity contribution in [2.45, 2.75) is 26.3 Å². The second-order valence-corrected chi connectivity index (χ2v) is 4.30. The zero-order valence-electron chi connectivity index (χ0n) is 9.25. The lowest BCUT2D eigenvalue weighted by Gasteiger charge is -2.15. The Labute approximate surface area is 94.9 Å². The molecule has 1 atom stereocenters. The van der Waals surface area contributed by atoms with E-state index >= 15 is 0 Å². The van der Waals surface area contributed by atoms with Crippen molar-refractivity contribution in [3.8, 4) is 0 Å². The van der Waals surface area contributed by atoms with E-state index in [1.165, 1.54) is 4.88 Å². The number of hydrogen-bond acceptors (Lipinski definition) is 3. The maximum Gasteiger partial charge on any atom is 0.234 e. The van der Waals surface area contributed by atoms with Crippen molar-refractivity contribution in [2.24, 2.45) is 0 Å². The first-order valence-corrected chi connectivity index (χ1v) is 6.19. The summed E-state index contributed by atoms with van der Waals surface area (Å²) < 4.78 is 0. The van der Waals surface area contributed by atoms with Gasteiger partial charge < -0.3 is 10.6 Å². The molecule has 0 bridgehead atoms. The van der Waals surface area contributed by atoms with Crippen molar-refractivity contribution in [3.05, 3.63) is 22.4 Å². The van der Waals surface area contributed by atoms with Gasteiger partial charge in [0.05, 0.1) is 12.6 Å². The SMILES string of the molecule is CCNCC(=O)NC(CC)c1cccs1. The van der Waals surface area contributed by atoms with E-state index in [1.807, 2.05) is 18.4 Å². The molecule has 1 heterocycles. The van der Waals surface area contributed by atoms with Crippen molar-refractivity contribution in [2.75, 3.05) is 13.1 Å². The predicted octanol–water partition coefficient (Wildman–Crippen LogP) is 1.92. The number of carbonyl (C=O) groups excluding carboxylic acids is 1. The van der Waals surface area contributed by atoms with Crippen LogP contribution in [0.25, 0.3) is 0 Å². The molecule has 0 saturated heterocycles. The van der Waals surface area contributed by atoms with Gasteiger partial charge in [-0.15, -0.1) is 11.3 Å². The van der Waals surface area contributed by atoms with Crippen LogP contribution in [0.2, 0.25) is 0 Å². The first-order chi connectivity index (χ1) is 7.27. The highest BCUT2D eigenvalue weighted by Gasteiger charge is 2.12. The molecule has 4 heteroatoms. The number of rotatable bonds is 6. The standard InChI is InChI=1S/C11H18N2OS/c1-3-9(10-6-5-7-15-10)13-11(14)8-12-4-2/h5-7,9,12H,3-4,8H2,1-2H3,(H,13,14). The van der Waals surface area contributed by atoms with Gasteiger partial charge in [-0.3, -0.25) is 4.79 Å². The third-order valence-electron chi connectivity index (χ3n) is 2.17. The Kier molecular flexibility index (Phi) is 5.36. The molecule has 15 heavy (non-hydrogen) atoms. The summed E-state index contributed by atoms with van der Waals surface area (Å²) in [6.07, 6.45) is 0.929. The molecular formula is C11H18N2OS. The van der Waals surface area contributed by atoms with Crippen LogP contribution in [0.5, 0.6) is 0 Å². The van der Waals surface area contributed by atoms with Crippen LogP contribution in [0.15, 0.2) is 17.5 Å². The van der Waals surface area contributed by atoms with Crippen molar-refractivity contribution in [1.82, 2.24) is 10.6 Å². The summed E-state index contributed by atoms with van der Waals surface area (Å²) in [6.45, 7) is 5.29. The summed E-state index contributed by atoms with van der Waals surface area (Å²) in [6, 6.07) is 4.24. The van der Waals surface area contributed by atoms with Crippen molar-refractivity contribution in [1.29, 1.82) is 0 Å². The Morgan fingerprint density at radius 1 is 1.53 bits per heavy atom. The molecule has 1 aromatic heterocycles. The average Bonchev–Trinajstić information content (AvgIpc) is 2.76. The van der Waals surface area contributed by atoms with Gasteiger partial charge in [0, 0.05) is 4.88 Å². The predicted molar refractivity (Wildman–Crippen MR) is 64.0 cm³/mol.